The van der Waals surface area contributed by atoms with E-state index in [0.29, 0.717) is 15.8 Å². The van der Waals surface area contributed by atoms with E-state index in [2.05, 4.69) is 15.9 Å². The standard InChI is InChI=1S/C12H9BrF2O2/c13-9-4-5-17-11(9)10(16)7-2-1-3-8(6-7)12(14)15/h1-6,10,12,16H. The summed E-state index contributed by atoms with van der Waals surface area (Å²) in [7, 11) is 0. The smallest absolute Gasteiger partial charge is 0.263 e. The third kappa shape index (κ3) is 2.56. The molecular weight excluding hydrogens is 294 g/mol. The number of furan rings is 1. The molecule has 0 aliphatic heterocycles. The number of alkyl halides is 2. The molecule has 1 unspecified atom stereocenters. The van der Waals surface area contributed by atoms with Crippen LogP contribution in [0.25, 0.3) is 0 Å². The molecule has 17 heavy (non-hydrogen) atoms. The molecule has 0 spiro atoms. The maximum atomic E-state index is 12.5. The third-order valence-corrected chi connectivity index (χ3v) is 3.03. The van der Waals surface area contributed by atoms with Crippen LogP contribution in [-0.2, 0) is 0 Å². The van der Waals surface area contributed by atoms with Crippen molar-refractivity contribution in [2.24, 2.45) is 0 Å². The van der Waals surface area contributed by atoms with E-state index in [4.69, 9.17) is 4.42 Å². The Hall–Kier alpha value is -1.20. The Morgan fingerprint density at radius 1 is 1.18 bits per heavy atom. The van der Waals surface area contributed by atoms with Crippen LogP contribution in [0.2, 0.25) is 0 Å². The van der Waals surface area contributed by atoms with Gasteiger partial charge in [-0.3, -0.25) is 0 Å². The lowest BCUT2D eigenvalue weighted by atomic mass is 10.0. The molecule has 1 aromatic carbocycles. The fourth-order valence-corrected chi connectivity index (χ4v) is 1.93. The summed E-state index contributed by atoms with van der Waals surface area (Å²) in [6.07, 6.45) is -2.19. The van der Waals surface area contributed by atoms with Gasteiger partial charge in [0, 0.05) is 5.56 Å². The molecule has 2 aromatic rings. The minimum absolute atomic E-state index is 0.121. The zero-order valence-corrected chi connectivity index (χ0v) is 10.2. The Bertz CT molecular complexity index is 511. The molecule has 0 saturated heterocycles. The summed E-state index contributed by atoms with van der Waals surface area (Å²) in [5, 5.41) is 10.00. The van der Waals surface area contributed by atoms with Crippen molar-refractivity contribution >= 4 is 15.9 Å². The Morgan fingerprint density at radius 3 is 2.47 bits per heavy atom. The summed E-state index contributed by atoms with van der Waals surface area (Å²) < 4.78 is 30.7. The first-order chi connectivity index (χ1) is 8.09. The average Bonchev–Trinajstić information content (AvgIpc) is 2.74. The molecule has 0 aliphatic rings. The van der Waals surface area contributed by atoms with Crippen molar-refractivity contribution in [2.45, 2.75) is 12.5 Å². The van der Waals surface area contributed by atoms with Gasteiger partial charge in [0.15, 0.2) is 5.76 Å². The molecule has 2 rings (SSSR count). The predicted molar refractivity (Wildman–Crippen MR) is 61.9 cm³/mol. The van der Waals surface area contributed by atoms with Crippen LogP contribution < -0.4 is 0 Å². The largest absolute Gasteiger partial charge is 0.465 e. The lowest BCUT2D eigenvalue weighted by molar-refractivity contribution is 0.150. The summed E-state index contributed by atoms with van der Waals surface area (Å²) in [6, 6.07) is 7.28. The second kappa shape index (κ2) is 4.98. The highest BCUT2D eigenvalue weighted by molar-refractivity contribution is 9.10. The third-order valence-electron chi connectivity index (χ3n) is 2.37. The molecule has 0 aliphatic carbocycles. The number of hydrogen-bond acceptors (Lipinski definition) is 2. The number of halogens is 3. The van der Waals surface area contributed by atoms with E-state index >= 15 is 0 Å². The molecule has 0 radical (unpaired) electrons. The maximum Gasteiger partial charge on any atom is 0.263 e. The Morgan fingerprint density at radius 2 is 1.88 bits per heavy atom. The van der Waals surface area contributed by atoms with Gasteiger partial charge in [0.25, 0.3) is 6.43 Å². The molecule has 0 amide bonds. The van der Waals surface area contributed by atoms with E-state index in [1.54, 1.807) is 12.1 Å². The van der Waals surface area contributed by atoms with Gasteiger partial charge in [0.05, 0.1) is 10.7 Å². The minimum Gasteiger partial charge on any atom is -0.465 e. The molecular formula is C12H9BrF2O2. The molecule has 1 N–H and O–H groups in total. The van der Waals surface area contributed by atoms with Gasteiger partial charge in [-0.15, -0.1) is 0 Å². The quantitative estimate of drug-likeness (QED) is 0.927. The summed E-state index contributed by atoms with van der Waals surface area (Å²) in [5.41, 5.74) is 0.252. The summed E-state index contributed by atoms with van der Waals surface area (Å²) in [5.74, 6) is 0.302. The Balaban J connectivity index is 2.34. The summed E-state index contributed by atoms with van der Waals surface area (Å²) in [4.78, 5) is 0. The monoisotopic (exact) mass is 302 g/mol. The van der Waals surface area contributed by atoms with Gasteiger partial charge < -0.3 is 9.52 Å². The highest BCUT2D eigenvalue weighted by Gasteiger charge is 2.18. The van der Waals surface area contributed by atoms with Gasteiger partial charge in [-0.25, -0.2) is 8.78 Å². The van der Waals surface area contributed by atoms with Crippen LogP contribution >= 0.6 is 15.9 Å². The number of hydrogen-bond donors (Lipinski definition) is 1. The van der Waals surface area contributed by atoms with E-state index in [9.17, 15) is 13.9 Å². The minimum atomic E-state index is -2.55. The number of aliphatic hydroxyl groups is 1. The second-order valence-electron chi connectivity index (χ2n) is 3.51. The van der Waals surface area contributed by atoms with E-state index in [0.717, 1.165) is 0 Å². The average molecular weight is 303 g/mol. The first kappa shape index (κ1) is 12.3. The van der Waals surface area contributed by atoms with Gasteiger partial charge >= 0.3 is 0 Å². The van der Waals surface area contributed by atoms with Crippen LogP contribution in [0.5, 0.6) is 0 Å². The van der Waals surface area contributed by atoms with Crippen LogP contribution in [0, 0.1) is 0 Å². The first-order valence-corrected chi connectivity index (χ1v) is 5.68. The van der Waals surface area contributed by atoms with Gasteiger partial charge in [-0.1, -0.05) is 18.2 Å². The Kier molecular flexibility index (Phi) is 3.59. The first-order valence-electron chi connectivity index (χ1n) is 4.88. The molecule has 0 bridgehead atoms. The van der Waals surface area contributed by atoms with Gasteiger partial charge in [0.2, 0.25) is 0 Å². The maximum absolute atomic E-state index is 12.5. The zero-order chi connectivity index (χ0) is 12.4. The molecule has 2 nitrogen and oxygen atoms in total. The van der Waals surface area contributed by atoms with Crippen LogP contribution in [0.3, 0.4) is 0 Å². The van der Waals surface area contributed by atoms with Crippen molar-refractivity contribution in [3.8, 4) is 0 Å². The molecule has 90 valence electrons. The Labute approximate surface area is 105 Å². The second-order valence-corrected chi connectivity index (χ2v) is 4.36. The van der Waals surface area contributed by atoms with Crippen LogP contribution in [0.4, 0.5) is 8.78 Å². The van der Waals surface area contributed by atoms with E-state index < -0.39 is 12.5 Å². The fraction of sp³-hybridized carbons (Fsp3) is 0.167. The number of aliphatic hydroxyl groups excluding tert-OH is 1. The van der Waals surface area contributed by atoms with Crippen molar-refractivity contribution in [3.63, 3.8) is 0 Å². The molecule has 1 atom stereocenters. The lowest BCUT2D eigenvalue weighted by Gasteiger charge is -2.10. The van der Waals surface area contributed by atoms with Crippen molar-refractivity contribution in [1.82, 2.24) is 0 Å². The van der Waals surface area contributed by atoms with Gasteiger partial charge in [-0.2, -0.15) is 0 Å². The van der Waals surface area contributed by atoms with Crippen LogP contribution in [0.1, 0.15) is 29.4 Å². The number of rotatable bonds is 3. The molecule has 0 fully saturated rings. The normalized spacial score (nSPS) is 13.0. The van der Waals surface area contributed by atoms with Crippen LogP contribution in [0.15, 0.2) is 45.5 Å². The van der Waals surface area contributed by atoms with E-state index in [1.165, 1.54) is 24.5 Å². The predicted octanol–water partition coefficient (Wildman–Crippen LogP) is 4.06. The topological polar surface area (TPSA) is 33.4 Å². The van der Waals surface area contributed by atoms with Crippen molar-refractivity contribution in [3.05, 3.63) is 58.0 Å². The summed E-state index contributed by atoms with van der Waals surface area (Å²) >= 11 is 3.21. The van der Waals surface area contributed by atoms with Gasteiger partial charge in [0.1, 0.15) is 6.10 Å². The van der Waals surface area contributed by atoms with E-state index in [-0.39, 0.29) is 5.56 Å². The summed E-state index contributed by atoms with van der Waals surface area (Å²) in [6.45, 7) is 0. The fourth-order valence-electron chi connectivity index (χ4n) is 1.52. The van der Waals surface area contributed by atoms with Crippen molar-refractivity contribution < 1.29 is 18.3 Å². The lowest BCUT2D eigenvalue weighted by Crippen LogP contribution is -2.00. The van der Waals surface area contributed by atoms with Crippen molar-refractivity contribution in [2.75, 3.05) is 0 Å². The van der Waals surface area contributed by atoms with Crippen molar-refractivity contribution in [1.29, 1.82) is 0 Å². The molecule has 5 heteroatoms. The highest BCUT2D eigenvalue weighted by Crippen LogP contribution is 2.31. The molecule has 1 aromatic heterocycles. The van der Waals surface area contributed by atoms with E-state index in [1.807, 2.05) is 0 Å². The number of benzene rings is 1. The zero-order valence-electron chi connectivity index (χ0n) is 8.61. The van der Waals surface area contributed by atoms with Crippen LogP contribution in [-0.4, -0.2) is 5.11 Å². The molecule has 1 heterocycles. The highest BCUT2D eigenvalue weighted by atomic mass is 79.9. The SMILES string of the molecule is OC(c1cccc(C(F)F)c1)c1occc1Br. The van der Waals surface area contributed by atoms with Gasteiger partial charge in [-0.05, 0) is 33.6 Å². The molecule has 0 saturated carbocycles.